The van der Waals surface area contributed by atoms with Crippen molar-refractivity contribution < 1.29 is 18.5 Å². The molecule has 0 saturated carbocycles. The Kier molecular flexibility index (Phi) is 4.69. The third-order valence-electron chi connectivity index (χ3n) is 2.37. The van der Waals surface area contributed by atoms with Crippen LogP contribution in [0.1, 0.15) is 10.4 Å². The molecule has 0 unspecified atom stereocenters. The van der Waals surface area contributed by atoms with Gasteiger partial charge in [-0.15, -0.1) is 11.3 Å². The third kappa shape index (κ3) is 3.44. The van der Waals surface area contributed by atoms with Crippen LogP contribution in [0.2, 0.25) is 0 Å². The largest absolute Gasteiger partial charge is 0.314 e. The number of thiophene rings is 1. The summed E-state index contributed by atoms with van der Waals surface area (Å²) >= 11 is 7.53. The Morgan fingerprint density at radius 2 is 1.95 bits per heavy atom. The van der Waals surface area contributed by atoms with E-state index in [-0.39, 0.29) is 5.56 Å². The van der Waals surface area contributed by atoms with E-state index in [4.69, 9.17) is 0 Å². The molecule has 0 aliphatic rings. The fourth-order valence-corrected chi connectivity index (χ4v) is 4.30. The molecule has 1 aromatic carbocycles. The van der Waals surface area contributed by atoms with Crippen LogP contribution in [0.3, 0.4) is 0 Å². The van der Waals surface area contributed by atoms with E-state index in [9.17, 15) is 23.7 Å². The van der Waals surface area contributed by atoms with Crippen LogP contribution in [0.25, 0.3) is 0 Å². The highest BCUT2D eigenvalue weighted by Gasteiger charge is 2.24. The third-order valence-corrected chi connectivity index (χ3v) is 4.71. The molecule has 1 N–H and O–H groups in total. The van der Waals surface area contributed by atoms with Crippen molar-refractivity contribution in [3.05, 3.63) is 53.1 Å². The molecule has 110 valence electrons. The van der Waals surface area contributed by atoms with Crippen LogP contribution in [0.4, 0.5) is 20.2 Å². The molecule has 0 atom stereocenters. The van der Waals surface area contributed by atoms with Crippen molar-refractivity contribution in [3.63, 3.8) is 0 Å². The predicted molar refractivity (Wildman–Crippen MR) is 80.7 cm³/mol. The number of nitrogens with one attached hydrogen (secondary N) is 1. The van der Waals surface area contributed by atoms with Gasteiger partial charge in [0.05, 0.1) is 24.1 Å². The van der Waals surface area contributed by atoms with Gasteiger partial charge in [0.1, 0.15) is 5.82 Å². The number of carbonyl (C=O) groups excluding carboxylic acids is 1. The maximum Gasteiger partial charge on any atom is 0.298 e. The lowest BCUT2D eigenvalue weighted by molar-refractivity contribution is -0.384. The normalized spacial score (nSPS) is 10.5. The number of hydrogen-bond donors (Lipinski definition) is 1. The van der Waals surface area contributed by atoms with Gasteiger partial charge in [0, 0.05) is 6.07 Å². The zero-order valence-corrected chi connectivity index (χ0v) is 13.8. The maximum absolute atomic E-state index is 13.7. The van der Waals surface area contributed by atoms with Gasteiger partial charge in [0.2, 0.25) is 0 Å². The molecule has 0 saturated heterocycles. The monoisotopic (exact) mass is 440 g/mol. The van der Waals surface area contributed by atoms with E-state index in [2.05, 4.69) is 37.2 Å². The number of halogens is 4. The summed E-state index contributed by atoms with van der Waals surface area (Å²) in [6.07, 6.45) is 0. The van der Waals surface area contributed by atoms with Crippen molar-refractivity contribution in [1.82, 2.24) is 0 Å². The number of hydrogen-bond acceptors (Lipinski definition) is 4. The molecule has 0 bridgehead atoms. The number of nitro groups is 1. The van der Waals surface area contributed by atoms with Gasteiger partial charge in [-0.1, -0.05) is 0 Å². The van der Waals surface area contributed by atoms with Crippen LogP contribution in [0.5, 0.6) is 0 Å². The molecule has 21 heavy (non-hydrogen) atoms. The Bertz CT molecular complexity index is 751. The Morgan fingerprint density at radius 1 is 1.29 bits per heavy atom. The SMILES string of the molecule is O=C(Nc1c(F)cc(F)cc1[N+](=O)[O-])c1cc(Br)sc1Br. The average molecular weight is 442 g/mol. The second-order valence-corrected chi connectivity index (χ2v) is 7.48. The zero-order valence-electron chi connectivity index (χ0n) is 9.82. The van der Waals surface area contributed by atoms with Crippen LogP contribution in [-0.4, -0.2) is 10.8 Å². The first-order valence-corrected chi connectivity index (χ1v) is 7.59. The Labute approximate surface area is 137 Å². The summed E-state index contributed by atoms with van der Waals surface area (Å²) in [4.78, 5) is 21.9. The Morgan fingerprint density at radius 3 is 2.48 bits per heavy atom. The molecule has 2 rings (SSSR count). The number of rotatable bonds is 3. The minimum Gasteiger partial charge on any atom is -0.314 e. The summed E-state index contributed by atoms with van der Waals surface area (Å²) in [5.41, 5.74) is -1.36. The van der Waals surface area contributed by atoms with Crippen molar-refractivity contribution >= 4 is 60.5 Å². The summed E-state index contributed by atoms with van der Waals surface area (Å²) in [5.74, 6) is -3.07. The van der Waals surface area contributed by atoms with Gasteiger partial charge in [0.25, 0.3) is 11.6 Å². The lowest BCUT2D eigenvalue weighted by Crippen LogP contribution is -2.14. The minimum atomic E-state index is -1.22. The average Bonchev–Trinajstić information content (AvgIpc) is 2.71. The number of anilines is 1. The second kappa shape index (κ2) is 6.16. The van der Waals surface area contributed by atoms with Crippen molar-refractivity contribution in [2.24, 2.45) is 0 Å². The number of nitro benzene ring substituents is 1. The van der Waals surface area contributed by atoms with E-state index in [1.165, 1.54) is 17.4 Å². The van der Waals surface area contributed by atoms with E-state index in [0.717, 1.165) is 0 Å². The first-order chi connectivity index (χ1) is 9.79. The van der Waals surface area contributed by atoms with E-state index in [1.54, 1.807) is 0 Å². The summed E-state index contributed by atoms with van der Waals surface area (Å²) in [7, 11) is 0. The van der Waals surface area contributed by atoms with Gasteiger partial charge in [-0.25, -0.2) is 8.78 Å². The van der Waals surface area contributed by atoms with Gasteiger partial charge < -0.3 is 5.32 Å². The minimum absolute atomic E-state index is 0.171. The highest BCUT2D eigenvalue weighted by atomic mass is 79.9. The Balaban J connectivity index is 2.42. The summed E-state index contributed by atoms with van der Waals surface area (Å²) in [6.45, 7) is 0. The molecule has 5 nitrogen and oxygen atoms in total. The first-order valence-electron chi connectivity index (χ1n) is 5.19. The van der Waals surface area contributed by atoms with Gasteiger partial charge in [-0.2, -0.15) is 0 Å². The van der Waals surface area contributed by atoms with Crippen molar-refractivity contribution in [2.45, 2.75) is 0 Å². The molecule has 10 heteroatoms. The molecule has 0 radical (unpaired) electrons. The highest BCUT2D eigenvalue weighted by molar-refractivity contribution is 9.12. The standard InChI is InChI=1S/C11H4Br2F2N2O3S/c12-8-3-5(10(13)21-8)11(18)16-9-6(15)1-4(14)2-7(9)17(19)20/h1-3H,(H,16,18). The molecule has 1 heterocycles. The number of carbonyl (C=O) groups is 1. The quantitative estimate of drug-likeness (QED) is 0.553. The molecule has 0 aliphatic heterocycles. The fraction of sp³-hybridized carbons (Fsp3) is 0. The molecule has 0 spiro atoms. The van der Waals surface area contributed by atoms with Crippen LogP contribution in [-0.2, 0) is 0 Å². The van der Waals surface area contributed by atoms with Crippen molar-refractivity contribution in [1.29, 1.82) is 0 Å². The van der Waals surface area contributed by atoms with E-state index < -0.39 is 33.8 Å². The van der Waals surface area contributed by atoms with Crippen LogP contribution >= 0.6 is 43.2 Å². The van der Waals surface area contributed by atoms with E-state index in [0.29, 0.717) is 19.7 Å². The number of nitrogens with zero attached hydrogens (tertiary/aromatic N) is 1. The predicted octanol–water partition coefficient (Wildman–Crippen LogP) is 4.71. The molecule has 0 fully saturated rings. The first kappa shape index (κ1) is 16.0. The van der Waals surface area contributed by atoms with E-state index >= 15 is 0 Å². The summed E-state index contributed by atoms with van der Waals surface area (Å²) in [6, 6.07) is 2.47. The number of benzene rings is 1. The van der Waals surface area contributed by atoms with Gasteiger partial charge >= 0.3 is 0 Å². The zero-order chi connectivity index (χ0) is 15.7. The molecule has 1 amide bonds. The molecule has 2 aromatic rings. The highest BCUT2D eigenvalue weighted by Crippen LogP contribution is 2.34. The number of amides is 1. The summed E-state index contributed by atoms with van der Waals surface area (Å²) in [5, 5.41) is 12.9. The lowest BCUT2D eigenvalue weighted by Gasteiger charge is -2.07. The van der Waals surface area contributed by atoms with Gasteiger partial charge in [0.15, 0.2) is 11.5 Å². The molecular formula is C11H4Br2F2N2O3S. The van der Waals surface area contributed by atoms with Crippen LogP contribution < -0.4 is 5.32 Å². The Hall–Kier alpha value is -1.39. The van der Waals surface area contributed by atoms with Crippen LogP contribution in [0.15, 0.2) is 25.8 Å². The molecule has 1 aromatic heterocycles. The summed E-state index contributed by atoms with van der Waals surface area (Å²) < 4.78 is 27.8. The van der Waals surface area contributed by atoms with E-state index in [1.807, 2.05) is 0 Å². The van der Waals surface area contributed by atoms with Crippen molar-refractivity contribution in [2.75, 3.05) is 5.32 Å². The van der Waals surface area contributed by atoms with Crippen molar-refractivity contribution in [3.8, 4) is 0 Å². The molecule has 0 aliphatic carbocycles. The lowest BCUT2D eigenvalue weighted by atomic mass is 10.2. The second-order valence-electron chi connectivity index (χ2n) is 3.73. The smallest absolute Gasteiger partial charge is 0.298 e. The van der Waals surface area contributed by atoms with Gasteiger partial charge in [-0.05, 0) is 37.9 Å². The topological polar surface area (TPSA) is 72.2 Å². The van der Waals surface area contributed by atoms with Crippen LogP contribution in [0, 0.1) is 21.7 Å². The maximum atomic E-state index is 13.7. The fourth-order valence-electron chi connectivity index (χ4n) is 1.50. The molecular weight excluding hydrogens is 438 g/mol. The van der Waals surface area contributed by atoms with Gasteiger partial charge in [-0.3, -0.25) is 14.9 Å².